The third-order valence-corrected chi connectivity index (χ3v) is 7.03. The van der Waals surface area contributed by atoms with Gasteiger partial charge in [0.05, 0.1) is 16.0 Å². The van der Waals surface area contributed by atoms with Crippen LogP contribution in [-0.4, -0.2) is 30.9 Å². The van der Waals surface area contributed by atoms with Crippen LogP contribution in [0.2, 0.25) is 0 Å². The molecule has 0 aromatic carbocycles. The molecule has 1 atom stereocenters. The van der Waals surface area contributed by atoms with E-state index >= 15 is 0 Å². The summed E-state index contributed by atoms with van der Waals surface area (Å²) in [7, 11) is -2.83. The highest BCUT2D eigenvalue weighted by molar-refractivity contribution is 7.92. The van der Waals surface area contributed by atoms with Crippen LogP contribution in [-0.2, 0) is 21.8 Å². The second-order valence-corrected chi connectivity index (χ2v) is 9.66. The molecule has 0 unspecified atom stereocenters. The highest BCUT2D eigenvalue weighted by Gasteiger charge is 2.30. The maximum absolute atomic E-state index is 11.7. The minimum atomic E-state index is -2.83. The smallest absolute Gasteiger partial charge is 0.154 e. The number of nitrogens with one attached hydrogen (secondary N) is 1. The van der Waals surface area contributed by atoms with Crippen molar-refractivity contribution >= 4 is 21.2 Å². The Hall–Kier alpha value is -0.460. The normalized spacial score (nSPS) is 22.8. The zero-order chi connectivity index (χ0) is 14.1. The number of aromatic nitrogens is 1. The fourth-order valence-electron chi connectivity index (χ4n) is 2.18. The highest BCUT2D eigenvalue weighted by atomic mass is 32.2. The summed E-state index contributed by atoms with van der Waals surface area (Å²) in [6.07, 6.45) is 3.50. The first kappa shape index (κ1) is 14.9. The van der Waals surface area contributed by atoms with Gasteiger partial charge in [0, 0.05) is 29.6 Å². The molecule has 0 radical (unpaired) electrons. The van der Waals surface area contributed by atoms with Crippen LogP contribution in [0.15, 0.2) is 6.20 Å². The molecule has 1 saturated heterocycles. The summed E-state index contributed by atoms with van der Waals surface area (Å²) in [4.78, 5) is 5.59. The predicted octanol–water partition coefficient (Wildman–Crippen LogP) is 2.11. The van der Waals surface area contributed by atoms with E-state index in [4.69, 9.17) is 0 Å². The Kier molecular flexibility index (Phi) is 4.32. The summed E-state index contributed by atoms with van der Waals surface area (Å²) in [6, 6.07) is 0. The first-order valence-electron chi connectivity index (χ1n) is 6.66. The van der Waals surface area contributed by atoms with Crippen LogP contribution in [0, 0.1) is 0 Å². The molecule has 0 aliphatic carbocycles. The van der Waals surface area contributed by atoms with Crippen molar-refractivity contribution in [1.82, 2.24) is 10.3 Å². The van der Waals surface area contributed by atoms with E-state index in [2.05, 4.69) is 31.1 Å². The fraction of sp³-hybridized carbons (Fsp3) is 0.769. The Morgan fingerprint density at radius 3 is 2.74 bits per heavy atom. The van der Waals surface area contributed by atoms with Crippen molar-refractivity contribution in [2.45, 2.75) is 50.8 Å². The molecule has 1 aromatic rings. The lowest BCUT2D eigenvalue weighted by molar-refractivity contribution is 0.574. The molecule has 0 spiro atoms. The lowest BCUT2D eigenvalue weighted by Gasteiger charge is -2.13. The van der Waals surface area contributed by atoms with E-state index in [0.717, 1.165) is 17.8 Å². The number of rotatable bonds is 4. The maximum Gasteiger partial charge on any atom is 0.154 e. The largest absolute Gasteiger partial charge is 0.311 e. The van der Waals surface area contributed by atoms with Gasteiger partial charge in [0.1, 0.15) is 0 Å². The van der Waals surface area contributed by atoms with Crippen LogP contribution in [0.4, 0.5) is 0 Å². The highest BCUT2D eigenvalue weighted by Crippen LogP contribution is 2.26. The molecule has 1 fully saturated rings. The predicted molar refractivity (Wildman–Crippen MR) is 79.3 cm³/mol. The van der Waals surface area contributed by atoms with Gasteiger partial charge in [-0.15, -0.1) is 11.3 Å². The minimum absolute atomic E-state index is 0.0811. The molecule has 1 aliphatic rings. The maximum atomic E-state index is 11.7. The molecule has 4 nitrogen and oxygen atoms in total. The average molecular weight is 302 g/mol. The molecular formula is C13H22N2O2S2. The van der Waals surface area contributed by atoms with E-state index in [0.29, 0.717) is 18.8 Å². The lowest BCUT2D eigenvalue weighted by atomic mass is 9.98. The van der Waals surface area contributed by atoms with Gasteiger partial charge >= 0.3 is 0 Å². The Morgan fingerprint density at radius 2 is 2.21 bits per heavy atom. The van der Waals surface area contributed by atoms with E-state index in [9.17, 15) is 8.42 Å². The van der Waals surface area contributed by atoms with Crippen LogP contribution in [0.25, 0.3) is 0 Å². The van der Waals surface area contributed by atoms with Gasteiger partial charge in [0.2, 0.25) is 0 Å². The van der Waals surface area contributed by atoms with Gasteiger partial charge in [0.15, 0.2) is 9.84 Å². The summed E-state index contributed by atoms with van der Waals surface area (Å²) in [5.74, 6) is 0.355. The van der Waals surface area contributed by atoms with Crippen LogP contribution in [0.3, 0.4) is 0 Å². The molecule has 1 aliphatic heterocycles. The second kappa shape index (κ2) is 5.50. The topological polar surface area (TPSA) is 59.1 Å². The number of thiazole rings is 1. The third kappa shape index (κ3) is 3.77. The van der Waals surface area contributed by atoms with E-state index in [-0.39, 0.29) is 10.7 Å². The van der Waals surface area contributed by atoms with Crippen LogP contribution in [0.5, 0.6) is 0 Å². The summed E-state index contributed by atoms with van der Waals surface area (Å²) >= 11 is 1.70. The van der Waals surface area contributed by atoms with Crippen LogP contribution >= 0.6 is 11.3 Å². The van der Waals surface area contributed by atoms with Crippen molar-refractivity contribution < 1.29 is 8.42 Å². The Balaban J connectivity index is 1.85. The van der Waals surface area contributed by atoms with Crippen LogP contribution in [0.1, 0.15) is 43.5 Å². The third-order valence-electron chi connectivity index (χ3n) is 3.33. The SMILES string of the molecule is CC(C)(C)c1ncc(CNC[C@@H]2CCCS2(=O)=O)s1. The van der Waals surface area contributed by atoms with Crippen molar-refractivity contribution in [3.05, 3.63) is 16.1 Å². The summed E-state index contributed by atoms with van der Waals surface area (Å²) < 4.78 is 23.4. The van der Waals surface area contributed by atoms with Crippen molar-refractivity contribution in [2.75, 3.05) is 12.3 Å². The molecule has 108 valence electrons. The zero-order valence-corrected chi connectivity index (χ0v) is 13.4. The molecule has 2 heterocycles. The van der Waals surface area contributed by atoms with Crippen LogP contribution < -0.4 is 5.32 Å². The van der Waals surface area contributed by atoms with Crippen molar-refractivity contribution in [3.63, 3.8) is 0 Å². The standard InChI is InChI=1S/C13H22N2O2S2/c1-13(2,3)12-15-8-10(18-12)7-14-9-11-5-4-6-19(11,16)17/h8,11,14H,4-7,9H2,1-3H3/t11-/m0/s1. The van der Waals surface area contributed by atoms with E-state index in [1.165, 1.54) is 4.88 Å². The molecule has 2 rings (SSSR count). The Morgan fingerprint density at radius 1 is 1.47 bits per heavy atom. The van der Waals surface area contributed by atoms with Gasteiger partial charge in [-0.2, -0.15) is 0 Å². The average Bonchev–Trinajstić information content (AvgIpc) is 2.85. The number of hydrogen-bond acceptors (Lipinski definition) is 5. The molecule has 19 heavy (non-hydrogen) atoms. The van der Waals surface area contributed by atoms with E-state index < -0.39 is 9.84 Å². The molecule has 0 amide bonds. The van der Waals surface area contributed by atoms with E-state index in [1.54, 1.807) is 11.3 Å². The first-order chi connectivity index (χ1) is 8.79. The number of sulfone groups is 1. The zero-order valence-electron chi connectivity index (χ0n) is 11.8. The minimum Gasteiger partial charge on any atom is -0.311 e. The molecule has 6 heteroatoms. The molecule has 1 aromatic heterocycles. The monoisotopic (exact) mass is 302 g/mol. The second-order valence-electron chi connectivity index (χ2n) is 6.14. The number of hydrogen-bond donors (Lipinski definition) is 1. The summed E-state index contributed by atoms with van der Waals surface area (Å²) in [6.45, 7) is 7.71. The van der Waals surface area contributed by atoms with Crippen molar-refractivity contribution in [1.29, 1.82) is 0 Å². The number of nitrogens with zero attached hydrogens (tertiary/aromatic N) is 1. The van der Waals surface area contributed by atoms with Crippen molar-refractivity contribution in [2.24, 2.45) is 0 Å². The molecule has 0 saturated carbocycles. The quantitative estimate of drug-likeness (QED) is 0.925. The van der Waals surface area contributed by atoms with Gasteiger partial charge in [-0.3, -0.25) is 0 Å². The van der Waals surface area contributed by atoms with Gasteiger partial charge in [-0.05, 0) is 12.8 Å². The Labute approximate surface area is 119 Å². The molecular weight excluding hydrogens is 280 g/mol. The van der Waals surface area contributed by atoms with E-state index in [1.807, 2.05) is 6.20 Å². The summed E-state index contributed by atoms with van der Waals surface area (Å²) in [5, 5.41) is 4.19. The van der Waals surface area contributed by atoms with Gasteiger partial charge in [-0.1, -0.05) is 20.8 Å². The Bertz CT molecular complexity index is 529. The molecule has 1 N–H and O–H groups in total. The first-order valence-corrected chi connectivity index (χ1v) is 9.20. The summed E-state index contributed by atoms with van der Waals surface area (Å²) in [5.41, 5.74) is 0.0811. The molecule has 0 bridgehead atoms. The van der Waals surface area contributed by atoms with Gasteiger partial charge in [0.25, 0.3) is 0 Å². The fourth-order valence-corrected chi connectivity index (χ4v) is 4.92. The van der Waals surface area contributed by atoms with Crippen molar-refractivity contribution in [3.8, 4) is 0 Å². The van der Waals surface area contributed by atoms with Gasteiger partial charge < -0.3 is 5.32 Å². The lowest BCUT2D eigenvalue weighted by Crippen LogP contribution is -2.29. The van der Waals surface area contributed by atoms with Gasteiger partial charge in [-0.25, -0.2) is 13.4 Å².